The maximum absolute atomic E-state index is 11.6. The van der Waals surface area contributed by atoms with Gasteiger partial charge in [-0.2, -0.15) is 0 Å². The van der Waals surface area contributed by atoms with Gasteiger partial charge < -0.3 is 10.6 Å². The van der Waals surface area contributed by atoms with Crippen LogP contribution in [0.1, 0.15) is 26.5 Å². The zero-order valence-corrected chi connectivity index (χ0v) is 10.9. The SMILES string of the molecule is CCc1cc(NCC(C)(C)C(=O)NC)ncn1. The highest BCUT2D eigenvalue weighted by atomic mass is 16.2. The van der Waals surface area contributed by atoms with Crippen molar-refractivity contribution in [1.82, 2.24) is 15.3 Å². The molecule has 0 atom stereocenters. The van der Waals surface area contributed by atoms with Gasteiger partial charge in [-0.05, 0) is 20.3 Å². The van der Waals surface area contributed by atoms with E-state index in [9.17, 15) is 4.79 Å². The molecule has 5 nitrogen and oxygen atoms in total. The number of hydrogen-bond acceptors (Lipinski definition) is 4. The molecular formula is C12H20N4O. The van der Waals surface area contributed by atoms with Gasteiger partial charge in [-0.1, -0.05) is 6.92 Å². The molecule has 5 heteroatoms. The minimum atomic E-state index is -0.466. The largest absolute Gasteiger partial charge is 0.369 e. The Morgan fingerprint density at radius 3 is 2.71 bits per heavy atom. The van der Waals surface area contributed by atoms with E-state index in [0.29, 0.717) is 6.54 Å². The van der Waals surface area contributed by atoms with Crippen molar-refractivity contribution in [2.45, 2.75) is 27.2 Å². The van der Waals surface area contributed by atoms with E-state index >= 15 is 0 Å². The van der Waals surface area contributed by atoms with Gasteiger partial charge in [0.25, 0.3) is 0 Å². The molecule has 0 aliphatic rings. The Hall–Kier alpha value is -1.65. The molecule has 1 amide bonds. The highest BCUT2D eigenvalue weighted by Crippen LogP contribution is 2.16. The molecule has 0 bridgehead atoms. The molecule has 1 rings (SSSR count). The fourth-order valence-corrected chi connectivity index (χ4v) is 1.42. The van der Waals surface area contributed by atoms with Gasteiger partial charge in [-0.25, -0.2) is 9.97 Å². The number of carbonyl (C=O) groups is 1. The summed E-state index contributed by atoms with van der Waals surface area (Å²) in [6, 6.07) is 1.90. The maximum Gasteiger partial charge on any atom is 0.227 e. The number of hydrogen-bond donors (Lipinski definition) is 2. The third kappa shape index (κ3) is 3.69. The first kappa shape index (κ1) is 13.4. The standard InChI is InChI=1S/C12H20N4O/c1-5-9-6-10(16-8-15-9)14-7-12(2,3)11(17)13-4/h6,8H,5,7H2,1-4H3,(H,13,17)(H,14,15,16). The number of amides is 1. The van der Waals surface area contributed by atoms with Crippen LogP contribution in [0.4, 0.5) is 5.82 Å². The summed E-state index contributed by atoms with van der Waals surface area (Å²) >= 11 is 0. The summed E-state index contributed by atoms with van der Waals surface area (Å²) in [5, 5.41) is 5.82. The van der Waals surface area contributed by atoms with Crippen molar-refractivity contribution in [3.8, 4) is 0 Å². The van der Waals surface area contributed by atoms with Crippen LogP contribution >= 0.6 is 0 Å². The highest BCUT2D eigenvalue weighted by Gasteiger charge is 2.26. The third-order valence-electron chi connectivity index (χ3n) is 2.64. The summed E-state index contributed by atoms with van der Waals surface area (Å²) in [4.78, 5) is 19.8. The lowest BCUT2D eigenvalue weighted by atomic mass is 9.92. The van der Waals surface area contributed by atoms with Crippen molar-refractivity contribution in [2.75, 3.05) is 18.9 Å². The Labute approximate surface area is 102 Å². The lowest BCUT2D eigenvalue weighted by molar-refractivity contribution is -0.128. The maximum atomic E-state index is 11.6. The summed E-state index contributed by atoms with van der Waals surface area (Å²) in [5.41, 5.74) is 0.520. The highest BCUT2D eigenvalue weighted by molar-refractivity contribution is 5.82. The molecule has 0 aliphatic carbocycles. The summed E-state index contributed by atoms with van der Waals surface area (Å²) in [5.74, 6) is 0.767. The molecular weight excluding hydrogens is 216 g/mol. The normalized spacial score (nSPS) is 11.1. The van der Waals surface area contributed by atoms with Gasteiger partial charge in [0.15, 0.2) is 0 Å². The second-order valence-corrected chi connectivity index (χ2v) is 4.56. The van der Waals surface area contributed by atoms with E-state index in [0.717, 1.165) is 17.9 Å². The van der Waals surface area contributed by atoms with E-state index in [1.165, 1.54) is 6.33 Å². The summed E-state index contributed by atoms with van der Waals surface area (Å²) in [6.07, 6.45) is 2.41. The smallest absolute Gasteiger partial charge is 0.227 e. The van der Waals surface area contributed by atoms with Crippen LogP contribution in [0.5, 0.6) is 0 Å². The van der Waals surface area contributed by atoms with Crippen molar-refractivity contribution in [3.63, 3.8) is 0 Å². The second-order valence-electron chi connectivity index (χ2n) is 4.56. The third-order valence-corrected chi connectivity index (χ3v) is 2.64. The van der Waals surface area contributed by atoms with Crippen LogP contribution in [0.2, 0.25) is 0 Å². The Kier molecular flexibility index (Phi) is 4.43. The zero-order chi connectivity index (χ0) is 12.9. The molecule has 17 heavy (non-hydrogen) atoms. The average Bonchev–Trinajstić information content (AvgIpc) is 2.35. The number of aromatic nitrogens is 2. The molecule has 1 aromatic heterocycles. The molecule has 0 aliphatic heterocycles. The molecule has 2 N–H and O–H groups in total. The van der Waals surface area contributed by atoms with Gasteiger partial charge in [0.2, 0.25) is 5.91 Å². The van der Waals surface area contributed by atoms with E-state index < -0.39 is 5.41 Å². The van der Waals surface area contributed by atoms with Crippen LogP contribution in [0.25, 0.3) is 0 Å². The number of nitrogens with zero attached hydrogens (tertiary/aromatic N) is 2. The fourth-order valence-electron chi connectivity index (χ4n) is 1.42. The monoisotopic (exact) mass is 236 g/mol. The van der Waals surface area contributed by atoms with Crippen molar-refractivity contribution in [1.29, 1.82) is 0 Å². The molecule has 0 saturated heterocycles. The van der Waals surface area contributed by atoms with Crippen LogP contribution in [0.3, 0.4) is 0 Å². The van der Waals surface area contributed by atoms with Crippen LogP contribution < -0.4 is 10.6 Å². The Morgan fingerprint density at radius 1 is 1.41 bits per heavy atom. The molecule has 0 saturated carbocycles. The Balaban J connectivity index is 2.63. The minimum Gasteiger partial charge on any atom is -0.369 e. The first-order chi connectivity index (χ1) is 7.99. The molecule has 0 spiro atoms. The van der Waals surface area contributed by atoms with Gasteiger partial charge >= 0.3 is 0 Å². The first-order valence-electron chi connectivity index (χ1n) is 5.76. The predicted octanol–water partition coefficient (Wildman–Crippen LogP) is 1.22. The van der Waals surface area contributed by atoms with Crippen LogP contribution in [-0.4, -0.2) is 29.5 Å². The molecule has 1 aromatic rings. The van der Waals surface area contributed by atoms with Gasteiger partial charge in [0.1, 0.15) is 12.1 Å². The number of carbonyl (C=O) groups excluding carboxylic acids is 1. The van der Waals surface area contributed by atoms with Crippen LogP contribution in [0.15, 0.2) is 12.4 Å². The van der Waals surface area contributed by atoms with Gasteiger partial charge in [0, 0.05) is 25.4 Å². The predicted molar refractivity (Wildman–Crippen MR) is 67.7 cm³/mol. The quantitative estimate of drug-likeness (QED) is 0.806. The molecule has 94 valence electrons. The summed E-state index contributed by atoms with van der Waals surface area (Å²) in [7, 11) is 1.64. The molecule has 0 unspecified atom stereocenters. The van der Waals surface area contributed by atoms with Crippen LogP contribution in [0, 0.1) is 5.41 Å². The Morgan fingerprint density at radius 2 is 2.12 bits per heavy atom. The first-order valence-corrected chi connectivity index (χ1v) is 5.76. The topological polar surface area (TPSA) is 66.9 Å². The molecule has 0 fully saturated rings. The van der Waals surface area contributed by atoms with Gasteiger partial charge in [-0.3, -0.25) is 4.79 Å². The van der Waals surface area contributed by atoms with E-state index in [4.69, 9.17) is 0 Å². The molecule has 1 heterocycles. The second kappa shape index (κ2) is 5.61. The van der Waals surface area contributed by atoms with Crippen molar-refractivity contribution in [3.05, 3.63) is 18.1 Å². The lowest BCUT2D eigenvalue weighted by Gasteiger charge is -2.23. The summed E-state index contributed by atoms with van der Waals surface area (Å²) in [6.45, 7) is 6.36. The number of aryl methyl sites for hydroxylation is 1. The lowest BCUT2D eigenvalue weighted by Crippen LogP contribution is -2.39. The number of anilines is 1. The van der Waals surface area contributed by atoms with E-state index in [1.54, 1.807) is 7.05 Å². The number of nitrogens with one attached hydrogen (secondary N) is 2. The number of rotatable bonds is 5. The van der Waals surface area contributed by atoms with Crippen molar-refractivity contribution in [2.24, 2.45) is 5.41 Å². The van der Waals surface area contributed by atoms with E-state index in [2.05, 4.69) is 20.6 Å². The van der Waals surface area contributed by atoms with Gasteiger partial charge in [-0.15, -0.1) is 0 Å². The minimum absolute atomic E-state index is 0.00905. The zero-order valence-electron chi connectivity index (χ0n) is 10.9. The summed E-state index contributed by atoms with van der Waals surface area (Å²) < 4.78 is 0. The van der Waals surface area contributed by atoms with Crippen molar-refractivity contribution >= 4 is 11.7 Å². The van der Waals surface area contributed by atoms with E-state index in [1.807, 2.05) is 26.8 Å². The molecule has 0 radical (unpaired) electrons. The van der Waals surface area contributed by atoms with Crippen LogP contribution in [-0.2, 0) is 11.2 Å². The van der Waals surface area contributed by atoms with Crippen molar-refractivity contribution < 1.29 is 4.79 Å². The van der Waals surface area contributed by atoms with E-state index in [-0.39, 0.29) is 5.91 Å². The molecule has 0 aromatic carbocycles. The Bertz CT molecular complexity index is 390. The average molecular weight is 236 g/mol. The van der Waals surface area contributed by atoms with Gasteiger partial charge in [0.05, 0.1) is 5.41 Å². The fraction of sp³-hybridized carbons (Fsp3) is 0.583.